The zero-order valence-corrected chi connectivity index (χ0v) is 18.9. The predicted molar refractivity (Wildman–Crippen MR) is 118 cm³/mol. The van der Waals surface area contributed by atoms with Crippen molar-refractivity contribution in [2.75, 3.05) is 12.4 Å². The molecule has 1 aliphatic rings. The molecule has 1 amide bonds. The molecule has 0 unspecified atom stereocenters. The van der Waals surface area contributed by atoms with E-state index in [1.807, 2.05) is 0 Å². The highest BCUT2D eigenvalue weighted by molar-refractivity contribution is 7.17. The number of fused-ring (bicyclic) bond motifs is 1. The number of rotatable bonds is 5. The van der Waals surface area contributed by atoms with Gasteiger partial charge in [-0.25, -0.2) is 4.79 Å². The van der Waals surface area contributed by atoms with Gasteiger partial charge in [-0.1, -0.05) is 20.8 Å². The summed E-state index contributed by atoms with van der Waals surface area (Å²) >= 11 is 1.26. The van der Waals surface area contributed by atoms with E-state index in [0.29, 0.717) is 12.3 Å². The molecular formula is C21H23N3O7S. The second-order valence-corrected chi connectivity index (χ2v) is 9.78. The van der Waals surface area contributed by atoms with Crippen LogP contribution in [-0.2, 0) is 17.6 Å². The fourth-order valence-electron chi connectivity index (χ4n) is 3.88. The molecule has 0 saturated carbocycles. The van der Waals surface area contributed by atoms with Crippen molar-refractivity contribution in [2.45, 2.75) is 40.0 Å². The monoisotopic (exact) mass is 461 g/mol. The van der Waals surface area contributed by atoms with Crippen LogP contribution < -0.4 is 5.32 Å². The fourth-order valence-corrected chi connectivity index (χ4v) is 5.19. The Labute approximate surface area is 187 Å². The van der Waals surface area contributed by atoms with E-state index in [1.54, 1.807) is 0 Å². The van der Waals surface area contributed by atoms with Crippen molar-refractivity contribution >= 4 is 39.6 Å². The highest BCUT2D eigenvalue weighted by Crippen LogP contribution is 2.44. The van der Waals surface area contributed by atoms with Gasteiger partial charge in [-0.05, 0) is 42.2 Å². The molecule has 0 radical (unpaired) electrons. The quantitative estimate of drug-likeness (QED) is 0.384. The van der Waals surface area contributed by atoms with Crippen LogP contribution in [0.3, 0.4) is 0 Å². The summed E-state index contributed by atoms with van der Waals surface area (Å²) in [7, 11) is 1.25. The van der Waals surface area contributed by atoms with Crippen LogP contribution in [0.5, 0.6) is 0 Å². The van der Waals surface area contributed by atoms with Gasteiger partial charge >= 0.3 is 5.97 Å². The molecule has 1 atom stereocenters. The topological polar surface area (TPSA) is 142 Å². The summed E-state index contributed by atoms with van der Waals surface area (Å²) < 4.78 is 4.92. The zero-order valence-electron chi connectivity index (χ0n) is 18.1. The molecule has 0 spiro atoms. The number of carbonyl (C=O) groups excluding carboxylic acids is 2. The third kappa shape index (κ3) is 4.47. The lowest BCUT2D eigenvalue weighted by Crippen LogP contribution is -2.26. The number of hydrogen-bond acceptors (Lipinski definition) is 8. The van der Waals surface area contributed by atoms with Crippen LogP contribution in [0.25, 0.3) is 0 Å². The average Bonchev–Trinajstić information content (AvgIpc) is 3.08. The van der Waals surface area contributed by atoms with E-state index in [2.05, 4.69) is 26.1 Å². The number of hydrogen-bond donors (Lipinski definition) is 1. The number of nitro groups is 2. The summed E-state index contributed by atoms with van der Waals surface area (Å²) in [5.41, 5.74) is -0.353. The lowest BCUT2D eigenvalue weighted by Gasteiger charge is -2.33. The minimum Gasteiger partial charge on any atom is -0.465 e. The molecule has 0 saturated heterocycles. The molecule has 0 bridgehead atoms. The Morgan fingerprint density at radius 2 is 1.88 bits per heavy atom. The Hall–Kier alpha value is -3.34. The SMILES string of the molecule is COC(=O)c1c(NC(=O)c2ccc([N+](=O)[O-])cc2[N+](=O)[O-])sc2c1CC[C@H](C(C)(C)C)C2. The summed E-state index contributed by atoms with van der Waals surface area (Å²) in [5, 5.41) is 25.2. The Balaban J connectivity index is 2.00. The number of nitrogens with zero attached hydrogens (tertiary/aromatic N) is 2. The fraction of sp³-hybridized carbons (Fsp3) is 0.429. The molecule has 1 aromatic carbocycles. The minimum atomic E-state index is -0.851. The summed E-state index contributed by atoms with van der Waals surface area (Å²) in [6.07, 6.45) is 2.30. The van der Waals surface area contributed by atoms with Crippen LogP contribution in [0.15, 0.2) is 18.2 Å². The predicted octanol–water partition coefficient (Wildman–Crippen LogP) is 4.75. The Morgan fingerprint density at radius 1 is 1.19 bits per heavy atom. The van der Waals surface area contributed by atoms with Crippen molar-refractivity contribution in [1.29, 1.82) is 0 Å². The van der Waals surface area contributed by atoms with Gasteiger partial charge in [0.2, 0.25) is 0 Å². The van der Waals surface area contributed by atoms with E-state index in [0.717, 1.165) is 41.5 Å². The van der Waals surface area contributed by atoms with Gasteiger partial charge in [0.25, 0.3) is 17.3 Å². The van der Waals surface area contributed by atoms with Crippen molar-refractivity contribution in [2.24, 2.45) is 11.3 Å². The average molecular weight is 461 g/mol. The van der Waals surface area contributed by atoms with E-state index in [4.69, 9.17) is 4.74 Å². The maximum atomic E-state index is 12.9. The molecule has 10 nitrogen and oxygen atoms in total. The smallest absolute Gasteiger partial charge is 0.341 e. The van der Waals surface area contributed by atoms with Gasteiger partial charge in [-0.2, -0.15) is 0 Å². The number of non-ortho nitro benzene ring substituents is 1. The Bertz CT molecular complexity index is 1120. The molecule has 1 heterocycles. The van der Waals surface area contributed by atoms with Crippen molar-refractivity contribution in [1.82, 2.24) is 0 Å². The van der Waals surface area contributed by atoms with E-state index < -0.39 is 33.1 Å². The van der Waals surface area contributed by atoms with Crippen LogP contribution in [0, 0.1) is 31.6 Å². The van der Waals surface area contributed by atoms with Gasteiger partial charge < -0.3 is 10.1 Å². The molecule has 0 fully saturated rings. The summed E-state index contributed by atoms with van der Waals surface area (Å²) in [6, 6.07) is 2.80. The molecule has 1 N–H and O–H groups in total. The van der Waals surface area contributed by atoms with Crippen LogP contribution in [0.4, 0.5) is 16.4 Å². The summed E-state index contributed by atoms with van der Waals surface area (Å²) in [6.45, 7) is 6.48. The second kappa shape index (κ2) is 8.65. The number of carbonyl (C=O) groups is 2. The molecule has 170 valence electrons. The first-order valence-electron chi connectivity index (χ1n) is 9.91. The Kier molecular flexibility index (Phi) is 6.31. The van der Waals surface area contributed by atoms with Gasteiger partial charge in [-0.3, -0.25) is 25.0 Å². The number of nitrogens with one attached hydrogen (secondary N) is 1. The number of ether oxygens (including phenoxy) is 1. The highest BCUT2D eigenvalue weighted by atomic mass is 32.1. The maximum absolute atomic E-state index is 12.9. The first-order valence-corrected chi connectivity index (χ1v) is 10.7. The van der Waals surface area contributed by atoms with Crippen LogP contribution >= 0.6 is 11.3 Å². The van der Waals surface area contributed by atoms with Crippen molar-refractivity contribution in [3.8, 4) is 0 Å². The standard InChI is InChI=1S/C21H23N3O7S/c1-21(2,3)11-5-7-14-16(9-11)32-19(17(14)20(26)31-4)22-18(25)13-8-6-12(23(27)28)10-15(13)24(29)30/h6,8,10-11H,5,7,9H2,1-4H3,(H,22,25)/t11-/m0/s1. The lowest BCUT2D eigenvalue weighted by atomic mass is 9.72. The first-order chi connectivity index (χ1) is 14.9. The molecule has 0 aliphatic heterocycles. The molecule has 11 heteroatoms. The molecule has 1 aliphatic carbocycles. The van der Waals surface area contributed by atoms with E-state index in [1.165, 1.54) is 18.4 Å². The van der Waals surface area contributed by atoms with E-state index in [-0.39, 0.29) is 21.5 Å². The number of esters is 1. The number of nitro benzene ring substituents is 2. The van der Waals surface area contributed by atoms with Gasteiger partial charge in [0.05, 0.1) is 28.6 Å². The number of amides is 1. The van der Waals surface area contributed by atoms with Crippen LogP contribution in [-0.4, -0.2) is 28.8 Å². The zero-order chi connectivity index (χ0) is 23.8. The maximum Gasteiger partial charge on any atom is 0.341 e. The lowest BCUT2D eigenvalue weighted by molar-refractivity contribution is -0.394. The molecule has 2 aromatic rings. The van der Waals surface area contributed by atoms with Gasteiger partial charge in [0, 0.05) is 10.9 Å². The first kappa shape index (κ1) is 23.3. The van der Waals surface area contributed by atoms with Gasteiger partial charge in [0.15, 0.2) is 0 Å². The van der Waals surface area contributed by atoms with Crippen molar-refractivity contribution in [3.63, 3.8) is 0 Å². The van der Waals surface area contributed by atoms with Gasteiger partial charge in [-0.15, -0.1) is 11.3 Å². The van der Waals surface area contributed by atoms with E-state index >= 15 is 0 Å². The van der Waals surface area contributed by atoms with Crippen molar-refractivity contribution in [3.05, 3.63) is 60.0 Å². The van der Waals surface area contributed by atoms with Crippen LogP contribution in [0.1, 0.15) is 58.3 Å². The normalized spacial score (nSPS) is 15.6. The summed E-state index contributed by atoms with van der Waals surface area (Å²) in [4.78, 5) is 47.1. The third-order valence-electron chi connectivity index (χ3n) is 5.74. The number of anilines is 1. The van der Waals surface area contributed by atoms with Crippen molar-refractivity contribution < 1.29 is 24.2 Å². The third-order valence-corrected chi connectivity index (χ3v) is 6.91. The molecule has 3 rings (SSSR count). The van der Waals surface area contributed by atoms with E-state index in [9.17, 15) is 29.8 Å². The van der Waals surface area contributed by atoms with Crippen LogP contribution in [0.2, 0.25) is 0 Å². The largest absolute Gasteiger partial charge is 0.465 e. The summed E-state index contributed by atoms with van der Waals surface area (Å²) in [5.74, 6) is -1.02. The molecule has 32 heavy (non-hydrogen) atoms. The number of methoxy groups -OCH3 is 1. The number of thiophene rings is 1. The Morgan fingerprint density at radius 3 is 2.44 bits per heavy atom. The second-order valence-electron chi connectivity index (χ2n) is 8.68. The minimum absolute atomic E-state index is 0.0793. The number of benzene rings is 1. The molecule has 1 aromatic heterocycles. The van der Waals surface area contributed by atoms with Gasteiger partial charge in [0.1, 0.15) is 10.6 Å². The highest BCUT2D eigenvalue weighted by Gasteiger charge is 2.35. The molecular weight excluding hydrogens is 438 g/mol.